The molecule has 0 atom stereocenters. The molecule has 0 aliphatic carbocycles. The summed E-state index contributed by atoms with van der Waals surface area (Å²) in [4.78, 5) is 13.6. The van der Waals surface area contributed by atoms with Crippen LogP contribution in [0.3, 0.4) is 0 Å². The molecule has 7 nitrogen and oxygen atoms in total. The van der Waals surface area contributed by atoms with Crippen LogP contribution in [0.4, 0.5) is 5.69 Å². The Morgan fingerprint density at radius 2 is 2.04 bits per heavy atom. The van der Waals surface area contributed by atoms with Crippen LogP contribution >= 0.6 is 11.5 Å². The van der Waals surface area contributed by atoms with E-state index < -0.39 is 15.8 Å². The number of fused-ring (bicyclic) bond motifs is 2. The SMILES string of the molecule is O=c1[nH]c2ccc(S(=O)(=O)Nc3ccc4sncc4c3)cc2o1. The standard InChI is InChI=1S/C14H9N3O4S2/c18-14-16-11-3-2-10(6-12(11)21-14)23(19,20)17-9-1-4-13-8(5-9)7-15-22-13/h1-7,17H,(H,16,18). The summed E-state index contributed by atoms with van der Waals surface area (Å²) < 4.78 is 37.4. The Labute approximate surface area is 133 Å². The van der Waals surface area contributed by atoms with E-state index in [4.69, 9.17) is 4.42 Å². The zero-order valence-electron chi connectivity index (χ0n) is 11.4. The van der Waals surface area contributed by atoms with Gasteiger partial charge >= 0.3 is 5.76 Å². The van der Waals surface area contributed by atoms with Crippen molar-refractivity contribution in [2.24, 2.45) is 0 Å². The highest BCUT2D eigenvalue weighted by atomic mass is 32.2. The van der Waals surface area contributed by atoms with E-state index in [1.54, 1.807) is 24.4 Å². The number of hydrogen-bond donors (Lipinski definition) is 2. The molecule has 0 aliphatic heterocycles. The van der Waals surface area contributed by atoms with E-state index >= 15 is 0 Å². The zero-order valence-corrected chi connectivity index (χ0v) is 13.1. The van der Waals surface area contributed by atoms with Gasteiger partial charge in [-0.15, -0.1) is 0 Å². The summed E-state index contributed by atoms with van der Waals surface area (Å²) in [6, 6.07) is 9.39. The van der Waals surface area contributed by atoms with Crippen molar-refractivity contribution < 1.29 is 12.8 Å². The molecule has 2 aromatic carbocycles. The smallest absolute Gasteiger partial charge is 0.408 e. The van der Waals surface area contributed by atoms with Crippen molar-refractivity contribution in [2.45, 2.75) is 4.90 Å². The average Bonchev–Trinajstić information content (AvgIpc) is 3.10. The quantitative estimate of drug-likeness (QED) is 0.592. The Balaban J connectivity index is 1.74. The molecular weight excluding hydrogens is 338 g/mol. The molecule has 2 heterocycles. The fraction of sp³-hybridized carbons (Fsp3) is 0. The number of sulfonamides is 1. The van der Waals surface area contributed by atoms with Crippen LogP contribution in [0.2, 0.25) is 0 Å². The Kier molecular flexibility index (Phi) is 3.00. The topological polar surface area (TPSA) is 105 Å². The first-order chi connectivity index (χ1) is 11.0. The molecule has 0 fully saturated rings. The van der Waals surface area contributed by atoms with Gasteiger partial charge in [0.05, 0.1) is 15.1 Å². The lowest BCUT2D eigenvalue weighted by atomic mass is 10.2. The molecular formula is C14H9N3O4S2. The summed E-state index contributed by atoms with van der Waals surface area (Å²) in [5.74, 6) is -0.627. The Bertz CT molecular complexity index is 1190. The van der Waals surface area contributed by atoms with Gasteiger partial charge in [-0.05, 0) is 41.9 Å². The van der Waals surface area contributed by atoms with Crippen molar-refractivity contribution in [2.75, 3.05) is 4.72 Å². The fourth-order valence-corrected chi connectivity index (χ4v) is 3.93. The Morgan fingerprint density at radius 3 is 2.91 bits per heavy atom. The van der Waals surface area contributed by atoms with Gasteiger partial charge in [-0.2, -0.15) is 4.37 Å². The summed E-state index contributed by atoms with van der Waals surface area (Å²) in [6.45, 7) is 0. The van der Waals surface area contributed by atoms with E-state index in [0.29, 0.717) is 11.2 Å². The minimum absolute atomic E-state index is 0.0105. The minimum atomic E-state index is -3.79. The number of H-pyrrole nitrogens is 1. The third kappa shape index (κ3) is 2.49. The number of benzene rings is 2. The largest absolute Gasteiger partial charge is 0.417 e. The van der Waals surface area contributed by atoms with Crippen LogP contribution in [0.25, 0.3) is 21.2 Å². The maximum Gasteiger partial charge on any atom is 0.417 e. The number of hydrogen-bond acceptors (Lipinski definition) is 6. The van der Waals surface area contributed by atoms with Gasteiger partial charge in [0.25, 0.3) is 10.0 Å². The molecule has 23 heavy (non-hydrogen) atoms. The molecule has 0 bridgehead atoms. The van der Waals surface area contributed by atoms with Crippen LogP contribution in [0.5, 0.6) is 0 Å². The highest BCUT2D eigenvalue weighted by Gasteiger charge is 2.16. The van der Waals surface area contributed by atoms with Crippen molar-refractivity contribution in [1.29, 1.82) is 0 Å². The first-order valence-electron chi connectivity index (χ1n) is 6.51. The number of nitrogens with one attached hydrogen (secondary N) is 2. The summed E-state index contributed by atoms with van der Waals surface area (Å²) >= 11 is 1.34. The molecule has 4 aromatic rings. The molecule has 9 heteroatoms. The highest BCUT2D eigenvalue weighted by molar-refractivity contribution is 7.92. The second kappa shape index (κ2) is 4.93. The molecule has 116 valence electrons. The second-order valence-electron chi connectivity index (χ2n) is 4.86. The van der Waals surface area contributed by atoms with Crippen LogP contribution in [0, 0.1) is 0 Å². The van der Waals surface area contributed by atoms with E-state index in [1.807, 2.05) is 0 Å². The number of rotatable bonds is 3. The van der Waals surface area contributed by atoms with E-state index in [0.717, 1.165) is 10.1 Å². The minimum Gasteiger partial charge on any atom is -0.408 e. The first-order valence-corrected chi connectivity index (χ1v) is 8.77. The third-order valence-corrected chi connectivity index (χ3v) is 5.47. The van der Waals surface area contributed by atoms with E-state index in [9.17, 15) is 13.2 Å². The van der Waals surface area contributed by atoms with Crippen molar-refractivity contribution in [3.8, 4) is 0 Å². The molecule has 0 unspecified atom stereocenters. The summed E-state index contributed by atoms with van der Waals surface area (Å²) in [7, 11) is -3.79. The number of anilines is 1. The van der Waals surface area contributed by atoms with E-state index in [1.165, 1.54) is 29.7 Å². The maximum atomic E-state index is 12.5. The van der Waals surface area contributed by atoms with Gasteiger partial charge in [0.2, 0.25) is 0 Å². The second-order valence-corrected chi connectivity index (χ2v) is 7.37. The predicted octanol–water partition coefficient (Wildman–Crippen LogP) is 2.53. The lowest BCUT2D eigenvalue weighted by Crippen LogP contribution is -2.12. The lowest BCUT2D eigenvalue weighted by molar-refractivity contribution is 0.554. The molecule has 0 amide bonds. The zero-order chi connectivity index (χ0) is 16.0. The summed E-state index contributed by atoms with van der Waals surface area (Å²) in [5.41, 5.74) is 1.07. The van der Waals surface area contributed by atoms with E-state index in [2.05, 4.69) is 14.1 Å². The Hall–Kier alpha value is -2.65. The molecule has 0 saturated heterocycles. The van der Waals surface area contributed by atoms with Gasteiger partial charge < -0.3 is 4.42 Å². The van der Waals surface area contributed by atoms with Gasteiger partial charge in [-0.1, -0.05) is 0 Å². The monoisotopic (exact) mass is 347 g/mol. The molecule has 0 radical (unpaired) electrons. The maximum absolute atomic E-state index is 12.5. The molecule has 0 spiro atoms. The van der Waals surface area contributed by atoms with Crippen molar-refractivity contribution in [3.05, 3.63) is 53.1 Å². The van der Waals surface area contributed by atoms with Gasteiger partial charge in [-0.25, -0.2) is 13.2 Å². The fourth-order valence-electron chi connectivity index (χ4n) is 2.24. The van der Waals surface area contributed by atoms with Crippen LogP contribution in [-0.4, -0.2) is 17.8 Å². The molecule has 0 aliphatic rings. The predicted molar refractivity (Wildman–Crippen MR) is 87.3 cm³/mol. The molecule has 2 aromatic heterocycles. The van der Waals surface area contributed by atoms with Crippen molar-refractivity contribution >= 4 is 48.4 Å². The first kappa shape index (κ1) is 14.0. The number of oxazole rings is 1. The van der Waals surface area contributed by atoms with E-state index in [-0.39, 0.29) is 10.5 Å². The van der Waals surface area contributed by atoms with Crippen LogP contribution < -0.4 is 10.5 Å². The van der Waals surface area contributed by atoms with Gasteiger partial charge in [0, 0.05) is 23.3 Å². The van der Waals surface area contributed by atoms with Crippen molar-refractivity contribution in [1.82, 2.24) is 9.36 Å². The highest BCUT2D eigenvalue weighted by Crippen LogP contribution is 2.24. The number of nitrogens with zero attached hydrogens (tertiary/aromatic N) is 1. The summed E-state index contributed by atoms with van der Waals surface area (Å²) in [5, 5.41) is 0.863. The molecule has 2 N–H and O–H groups in total. The summed E-state index contributed by atoms with van der Waals surface area (Å²) in [6.07, 6.45) is 1.68. The van der Waals surface area contributed by atoms with Crippen LogP contribution in [-0.2, 0) is 10.0 Å². The Morgan fingerprint density at radius 1 is 1.17 bits per heavy atom. The molecule has 4 rings (SSSR count). The number of aromatic nitrogens is 2. The number of aromatic amines is 1. The van der Waals surface area contributed by atoms with Gasteiger partial charge in [0.15, 0.2) is 5.58 Å². The van der Waals surface area contributed by atoms with Gasteiger partial charge in [-0.3, -0.25) is 9.71 Å². The lowest BCUT2D eigenvalue weighted by Gasteiger charge is -2.08. The van der Waals surface area contributed by atoms with Crippen molar-refractivity contribution in [3.63, 3.8) is 0 Å². The van der Waals surface area contributed by atoms with Crippen LogP contribution in [0.15, 0.2) is 56.7 Å². The van der Waals surface area contributed by atoms with Gasteiger partial charge in [0.1, 0.15) is 0 Å². The molecule has 0 saturated carbocycles. The third-order valence-electron chi connectivity index (χ3n) is 3.31. The normalized spacial score (nSPS) is 12.0. The average molecular weight is 347 g/mol. The van der Waals surface area contributed by atoms with Crippen LogP contribution in [0.1, 0.15) is 0 Å².